The average Bonchev–Trinajstić information content (AvgIpc) is 1.94. The van der Waals surface area contributed by atoms with Gasteiger partial charge in [0.1, 0.15) is 0 Å². The molecule has 1 unspecified atom stereocenters. The fourth-order valence-corrected chi connectivity index (χ4v) is 1.20. The summed E-state index contributed by atoms with van der Waals surface area (Å²) in [5, 5.41) is 3.44. The van der Waals surface area contributed by atoms with Crippen LogP contribution in [0.4, 0.5) is 0 Å². The van der Waals surface area contributed by atoms with Crippen molar-refractivity contribution in [2.24, 2.45) is 0 Å². The molecule has 0 aromatic carbocycles. The molecule has 0 amide bonds. The second kappa shape index (κ2) is 3.56. The molecule has 0 spiro atoms. The fraction of sp³-hybridized carbons (Fsp3) is 1.00. The van der Waals surface area contributed by atoms with Crippen LogP contribution in [0.2, 0.25) is 0 Å². The number of hydrogen-bond donors (Lipinski definition) is 1. The standard InChI is InChI=1S/C6H12N.Li/c1-2-4-6-7-5-3-1;/h5,7H,1-4,6H2;. The summed E-state index contributed by atoms with van der Waals surface area (Å²) in [7, 11) is 0. The van der Waals surface area contributed by atoms with Gasteiger partial charge in [-0.3, -0.25) is 0 Å². The predicted octanol–water partition coefficient (Wildman–Crippen LogP) is 0.645. The van der Waals surface area contributed by atoms with Crippen LogP contribution in [0.25, 0.3) is 0 Å². The third-order valence-corrected chi connectivity index (χ3v) is 1.81. The zero-order valence-electron chi connectivity index (χ0n) is 5.61. The van der Waals surface area contributed by atoms with Crippen molar-refractivity contribution in [3.05, 3.63) is 0 Å². The van der Waals surface area contributed by atoms with Gasteiger partial charge in [-0.25, -0.2) is 0 Å². The topological polar surface area (TPSA) is 12.0 Å². The molecule has 1 aliphatic heterocycles. The molecule has 0 saturated carbocycles. The number of hydrogen-bond acceptors (Lipinski definition) is 1. The van der Waals surface area contributed by atoms with Gasteiger partial charge in [0.2, 0.25) is 0 Å². The Labute approximate surface area is 60.4 Å². The maximum atomic E-state index is 3.44. The minimum absolute atomic E-state index is 0.775. The van der Waals surface area contributed by atoms with E-state index in [0.29, 0.717) is 0 Å². The van der Waals surface area contributed by atoms with Crippen molar-refractivity contribution in [3.63, 3.8) is 0 Å². The van der Waals surface area contributed by atoms with Crippen molar-refractivity contribution in [3.8, 4) is 0 Å². The first-order valence-electron chi connectivity index (χ1n) is 3.63. The van der Waals surface area contributed by atoms with Crippen molar-refractivity contribution in [2.75, 3.05) is 6.54 Å². The molecule has 2 heteroatoms. The molecule has 1 nitrogen and oxygen atoms in total. The van der Waals surface area contributed by atoms with Gasteiger partial charge >= 0.3 is 60.0 Å². The Bertz CT molecular complexity index is 57.5. The quantitative estimate of drug-likeness (QED) is 0.446. The third-order valence-electron chi connectivity index (χ3n) is 1.81. The van der Waals surface area contributed by atoms with Crippen LogP contribution < -0.4 is 5.32 Å². The molecule has 8 heavy (non-hydrogen) atoms. The van der Waals surface area contributed by atoms with E-state index in [9.17, 15) is 0 Å². The number of rotatable bonds is 0. The van der Waals surface area contributed by atoms with E-state index >= 15 is 0 Å². The molecule has 1 fully saturated rings. The molecule has 42 valence electrons. The van der Waals surface area contributed by atoms with E-state index in [0.717, 1.165) is 4.71 Å². The summed E-state index contributed by atoms with van der Waals surface area (Å²) in [6, 6.07) is 0. The van der Waals surface area contributed by atoms with E-state index in [-0.39, 0.29) is 0 Å². The Morgan fingerprint density at radius 3 is 3.00 bits per heavy atom. The number of nitrogens with one attached hydrogen (secondary N) is 1. The fourth-order valence-electron chi connectivity index (χ4n) is 1.20. The third kappa shape index (κ3) is 2.22. The van der Waals surface area contributed by atoms with Crippen molar-refractivity contribution in [1.82, 2.24) is 5.32 Å². The summed E-state index contributed by atoms with van der Waals surface area (Å²) in [5.74, 6) is 0. The Hall–Kier alpha value is 0.557. The molecular weight excluding hydrogens is 93.0 g/mol. The molecular formula is C6H12LiN. The molecule has 0 bridgehead atoms. The molecule has 0 aromatic heterocycles. The van der Waals surface area contributed by atoms with Gasteiger partial charge in [0, 0.05) is 0 Å². The van der Waals surface area contributed by atoms with Gasteiger partial charge in [-0.1, -0.05) is 0 Å². The van der Waals surface area contributed by atoms with Crippen LogP contribution in [0.5, 0.6) is 0 Å². The zero-order chi connectivity index (χ0) is 5.82. The second-order valence-electron chi connectivity index (χ2n) is 2.70. The molecule has 1 aliphatic rings. The van der Waals surface area contributed by atoms with Crippen LogP contribution in [0.3, 0.4) is 0 Å². The predicted molar refractivity (Wildman–Crippen MR) is 36.0 cm³/mol. The van der Waals surface area contributed by atoms with Gasteiger partial charge in [0.15, 0.2) is 0 Å². The second-order valence-corrected chi connectivity index (χ2v) is 2.70. The van der Waals surface area contributed by atoms with Gasteiger partial charge < -0.3 is 0 Å². The molecule has 1 atom stereocenters. The summed E-state index contributed by atoms with van der Waals surface area (Å²) in [6.07, 6.45) is 5.61. The first kappa shape index (κ1) is 6.67. The Morgan fingerprint density at radius 2 is 2.12 bits per heavy atom. The van der Waals surface area contributed by atoms with Gasteiger partial charge in [-0.15, -0.1) is 0 Å². The molecule has 0 aliphatic carbocycles. The summed E-state index contributed by atoms with van der Waals surface area (Å²) in [5.41, 5.74) is 0. The van der Waals surface area contributed by atoms with Gasteiger partial charge in [-0.05, 0) is 0 Å². The van der Waals surface area contributed by atoms with Crippen molar-refractivity contribution < 1.29 is 0 Å². The van der Waals surface area contributed by atoms with Gasteiger partial charge in [0.05, 0.1) is 0 Å². The Balaban J connectivity index is 2.17. The van der Waals surface area contributed by atoms with Crippen LogP contribution in [-0.2, 0) is 0 Å². The first-order chi connectivity index (χ1) is 3.89. The average molecular weight is 105 g/mol. The molecule has 1 N–H and O–H groups in total. The summed E-state index contributed by atoms with van der Waals surface area (Å²) in [4.78, 5) is 0. The molecule has 0 aromatic rings. The molecule has 1 rings (SSSR count). The van der Waals surface area contributed by atoms with E-state index < -0.39 is 0 Å². The van der Waals surface area contributed by atoms with Crippen molar-refractivity contribution >= 4 is 17.7 Å². The van der Waals surface area contributed by atoms with Crippen LogP contribution in [0.15, 0.2) is 0 Å². The maximum absolute atomic E-state index is 3.44. The van der Waals surface area contributed by atoms with Gasteiger partial charge in [0.25, 0.3) is 0 Å². The monoisotopic (exact) mass is 105 g/mol. The van der Waals surface area contributed by atoms with E-state index in [1.54, 1.807) is 0 Å². The Kier molecular flexibility index (Phi) is 2.97. The zero-order valence-corrected chi connectivity index (χ0v) is 5.61. The van der Waals surface area contributed by atoms with Crippen LogP contribution in [0.1, 0.15) is 25.7 Å². The summed E-state index contributed by atoms with van der Waals surface area (Å²) < 4.78 is 0.775. The van der Waals surface area contributed by atoms with Crippen LogP contribution in [-0.4, -0.2) is 29.0 Å². The van der Waals surface area contributed by atoms with Crippen molar-refractivity contribution in [2.45, 2.75) is 30.4 Å². The van der Waals surface area contributed by atoms with Crippen LogP contribution >= 0.6 is 0 Å². The first-order valence-corrected chi connectivity index (χ1v) is 3.63. The van der Waals surface area contributed by atoms with Gasteiger partial charge in [-0.2, -0.15) is 0 Å². The molecule has 1 saturated heterocycles. The molecule has 0 radical (unpaired) electrons. The van der Waals surface area contributed by atoms with E-state index in [1.165, 1.54) is 32.2 Å². The van der Waals surface area contributed by atoms with E-state index in [4.69, 9.17) is 0 Å². The SMILES string of the molecule is [Li][CH]1CCCCCN1. The van der Waals surface area contributed by atoms with Crippen LogP contribution in [0, 0.1) is 0 Å². The summed E-state index contributed by atoms with van der Waals surface area (Å²) >= 11 is 2.27. The minimum atomic E-state index is 0.775. The Morgan fingerprint density at radius 1 is 1.25 bits per heavy atom. The summed E-state index contributed by atoms with van der Waals surface area (Å²) in [6.45, 7) is 1.24. The van der Waals surface area contributed by atoms with E-state index in [1.807, 2.05) is 0 Å². The molecule has 1 heterocycles. The van der Waals surface area contributed by atoms with E-state index in [2.05, 4.69) is 23.0 Å². The van der Waals surface area contributed by atoms with Crippen molar-refractivity contribution in [1.29, 1.82) is 0 Å². The normalized spacial score (nSPS) is 32.0.